The zero-order valence-corrected chi connectivity index (χ0v) is 16.5. The largest absolute Gasteiger partial charge is 0.454 e. The fourth-order valence-corrected chi connectivity index (χ4v) is 4.61. The Morgan fingerprint density at radius 1 is 1.36 bits per heavy atom. The number of rotatable bonds is 6. The van der Waals surface area contributed by atoms with Gasteiger partial charge in [0.1, 0.15) is 6.04 Å². The summed E-state index contributed by atoms with van der Waals surface area (Å²) in [5, 5.41) is 6.42. The first-order valence-electron chi connectivity index (χ1n) is 8.44. The minimum atomic E-state index is -3.88. The number of benzene rings is 1. The average Bonchev–Trinajstić information content (AvgIpc) is 3.29. The molecule has 0 unspecified atom stereocenters. The van der Waals surface area contributed by atoms with Gasteiger partial charge < -0.3 is 9.26 Å². The number of carbonyl (C=O) groups excluding carboxylic acids is 2. The highest BCUT2D eigenvalue weighted by molar-refractivity contribution is 7.89. The van der Waals surface area contributed by atoms with Crippen molar-refractivity contribution >= 4 is 39.4 Å². The molecule has 1 aromatic heterocycles. The second kappa shape index (κ2) is 8.29. The third-order valence-electron chi connectivity index (χ3n) is 4.13. The first-order chi connectivity index (χ1) is 13.3. The van der Waals surface area contributed by atoms with E-state index in [4.69, 9.17) is 20.9 Å². The Bertz CT molecular complexity index is 973. The summed E-state index contributed by atoms with van der Waals surface area (Å²) >= 11 is 5.80. The van der Waals surface area contributed by atoms with E-state index in [2.05, 4.69) is 10.5 Å². The van der Waals surface area contributed by atoms with Crippen LogP contribution in [0.2, 0.25) is 5.02 Å². The van der Waals surface area contributed by atoms with Gasteiger partial charge in [0.25, 0.3) is 5.91 Å². The maximum Gasteiger partial charge on any atom is 0.324 e. The van der Waals surface area contributed by atoms with Crippen LogP contribution in [0.25, 0.3) is 0 Å². The van der Waals surface area contributed by atoms with Crippen molar-refractivity contribution in [2.24, 2.45) is 0 Å². The van der Waals surface area contributed by atoms with E-state index in [0.29, 0.717) is 23.6 Å². The van der Waals surface area contributed by atoms with Gasteiger partial charge in [0.15, 0.2) is 6.61 Å². The van der Waals surface area contributed by atoms with Gasteiger partial charge in [0, 0.05) is 17.6 Å². The second-order valence-corrected chi connectivity index (χ2v) is 8.54. The second-order valence-electron chi connectivity index (χ2n) is 6.22. The van der Waals surface area contributed by atoms with E-state index < -0.39 is 34.5 Å². The number of anilines is 1. The van der Waals surface area contributed by atoms with Crippen molar-refractivity contribution in [2.75, 3.05) is 18.5 Å². The highest BCUT2D eigenvalue weighted by Crippen LogP contribution is 2.27. The Hall–Kier alpha value is -2.43. The number of hydrogen-bond donors (Lipinski definition) is 1. The molecule has 1 saturated heterocycles. The summed E-state index contributed by atoms with van der Waals surface area (Å²) in [5.41, 5.74) is 0.585. The third kappa shape index (κ3) is 4.51. The summed E-state index contributed by atoms with van der Waals surface area (Å²) in [6.07, 6.45) is 0.824. The molecule has 0 radical (unpaired) electrons. The van der Waals surface area contributed by atoms with E-state index in [0.717, 1.165) is 4.31 Å². The molecule has 1 fully saturated rings. The minimum Gasteiger partial charge on any atom is -0.454 e. The molecule has 28 heavy (non-hydrogen) atoms. The van der Waals surface area contributed by atoms with Gasteiger partial charge in [-0.2, -0.15) is 4.31 Å². The fraction of sp³-hybridized carbons (Fsp3) is 0.353. The zero-order valence-electron chi connectivity index (χ0n) is 14.9. The van der Waals surface area contributed by atoms with Crippen LogP contribution in [0, 0.1) is 6.92 Å². The molecule has 2 aromatic rings. The molecular weight excluding hydrogens is 410 g/mol. The molecular formula is C17H18ClN3O6S. The van der Waals surface area contributed by atoms with Crippen molar-refractivity contribution in [2.45, 2.75) is 30.7 Å². The summed E-state index contributed by atoms with van der Waals surface area (Å²) in [4.78, 5) is 24.3. The van der Waals surface area contributed by atoms with Crippen LogP contribution >= 0.6 is 11.6 Å². The first-order valence-corrected chi connectivity index (χ1v) is 10.3. The molecule has 1 aliphatic rings. The molecule has 11 heteroatoms. The number of aromatic nitrogens is 1. The smallest absolute Gasteiger partial charge is 0.324 e. The minimum absolute atomic E-state index is 0.0371. The number of hydrogen-bond acceptors (Lipinski definition) is 7. The molecule has 1 amide bonds. The molecule has 3 rings (SSSR count). The topological polar surface area (TPSA) is 119 Å². The van der Waals surface area contributed by atoms with Gasteiger partial charge in [-0.15, -0.1) is 0 Å². The van der Waals surface area contributed by atoms with Crippen molar-refractivity contribution in [3.05, 3.63) is 41.0 Å². The molecule has 1 aromatic carbocycles. The highest BCUT2D eigenvalue weighted by Gasteiger charge is 2.40. The van der Waals surface area contributed by atoms with E-state index in [9.17, 15) is 18.0 Å². The lowest BCUT2D eigenvalue weighted by molar-refractivity contribution is -0.150. The number of ether oxygens (including phenoxy) is 1. The van der Waals surface area contributed by atoms with Crippen LogP contribution in [0.15, 0.2) is 39.8 Å². The van der Waals surface area contributed by atoms with Crippen LogP contribution in [0.4, 0.5) is 5.88 Å². The molecule has 1 atom stereocenters. The van der Waals surface area contributed by atoms with Crippen LogP contribution in [-0.4, -0.2) is 48.9 Å². The van der Waals surface area contributed by atoms with Gasteiger partial charge in [0.05, 0.1) is 10.6 Å². The summed E-state index contributed by atoms with van der Waals surface area (Å²) in [6, 6.07) is 6.22. The van der Waals surface area contributed by atoms with Gasteiger partial charge in [-0.25, -0.2) is 8.42 Å². The number of nitrogens with zero attached hydrogens (tertiary/aromatic N) is 2. The maximum atomic E-state index is 12.8. The third-order valence-corrected chi connectivity index (χ3v) is 6.31. The van der Waals surface area contributed by atoms with E-state index >= 15 is 0 Å². The van der Waals surface area contributed by atoms with Gasteiger partial charge in [-0.3, -0.25) is 14.9 Å². The van der Waals surface area contributed by atoms with Crippen molar-refractivity contribution in [1.82, 2.24) is 9.46 Å². The summed E-state index contributed by atoms with van der Waals surface area (Å²) in [6.45, 7) is 1.31. The Morgan fingerprint density at radius 3 is 2.71 bits per heavy atom. The Labute approximate surface area is 166 Å². The van der Waals surface area contributed by atoms with Gasteiger partial charge in [-0.05, 0) is 44.0 Å². The molecule has 9 nitrogen and oxygen atoms in total. The van der Waals surface area contributed by atoms with Crippen molar-refractivity contribution < 1.29 is 27.3 Å². The first kappa shape index (κ1) is 20.3. The van der Waals surface area contributed by atoms with Crippen LogP contribution in [0.3, 0.4) is 0 Å². The van der Waals surface area contributed by atoms with E-state index in [1.807, 2.05) is 0 Å². The molecule has 2 heterocycles. The monoisotopic (exact) mass is 427 g/mol. The number of sulfonamides is 1. The predicted molar refractivity (Wildman–Crippen MR) is 99.2 cm³/mol. The Balaban J connectivity index is 1.62. The number of amides is 1. The standard InChI is InChI=1S/C17H18ClN3O6S/c1-11-9-16(27-20-11)19-15(22)10-26-17(23)14-3-2-8-21(14)28(24,25)13-6-4-12(18)5-7-13/h4-7,9,14H,2-3,8,10H2,1H3,(H,19,22)/t14-/m0/s1. The van der Waals surface area contributed by atoms with Crippen LogP contribution in [-0.2, 0) is 24.3 Å². The number of carbonyl (C=O) groups is 2. The molecule has 0 spiro atoms. The quantitative estimate of drug-likeness (QED) is 0.700. The van der Waals surface area contributed by atoms with Crippen molar-refractivity contribution in [3.63, 3.8) is 0 Å². The number of halogens is 1. The average molecular weight is 428 g/mol. The lowest BCUT2D eigenvalue weighted by Gasteiger charge is -2.22. The molecule has 0 bridgehead atoms. The van der Waals surface area contributed by atoms with Crippen molar-refractivity contribution in [3.8, 4) is 0 Å². The van der Waals surface area contributed by atoms with E-state index in [1.54, 1.807) is 6.92 Å². The van der Waals surface area contributed by atoms with Gasteiger partial charge >= 0.3 is 5.97 Å². The van der Waals surface area contributed by atoms with Gasteiger partial charge in [-0.1, -0.05) is 16.8 Å². The van der Waals surface area contributed by atoms with Gasteiger partial charge in [0.2, 0.25) is 15.9 Å². The molecule has 150 valence electrons. The molecule has 0 saturated carbocycles. The zero-order chi connectivity index (χ0) is 20.3. The maximum absolute atomic E-state index is 12.8. The summed E-state index contributed by atoms with van der Waals surface area (Å²) in [7, 11) is -3.88. The number of esters is 1. The molecule has 1 aliphatic heterocycles. The Morgan fingerprint density at radius 2 is 2.07 bits per heavy atom. The van der Waals surface area contributed by atoms with Crippen molar-refractivity contribution in [1.29, 1.82) is 0 Å². The van der Waals surface area contributed by atoms with Crippen LogP contribution in [0.1, 0.15) is 18.5 Å². The van der Waals surface area contributed by atoms with Crippen LogP contribution in [0.5, 0.6) is 0 Å². The fourth-order valence-electron chi connectivity index (χ4n) is 2.83. The number of nitrogens with one attached hydrogen (secondary N) is 1. The SMILES string of the molecule is Cc1cc(NC(=O)COC(=O)[C@@H]2CCCN2S(=O)(=O)c2ccc(Cl)cc2)on1. The van der Waals surface area contributed by atoms with Crippen LogP contribution < -0.4 is 5.32 Å². The summed E-state index contributed by atoms with van der Waals surface area (Å²) < 4.78 is 36.6. The predicted octanol–water partition coefficient (Wildman–Crippen LogP) is 1.97. The lowest BCUT2D eigenvalue weighted by atomic mass is 10.2. The molecule has 1 N–H and O–H groups in total. The number of aryl methyl sites for hydroxylation is 1. The van der Waals surface area contributed by atoms with E-state index in [-0.39, 0.29) is 17.3 Å². The van der Waals surface area contributed by atoms with E-state index in [1.165, 1.54) is 30.3 Å². The summed E-state index contributed by atoms with van der Waals surface area (Å²) in [5.74, 6) is -1.26. The Kier molecular flexibility index (Phi) is 6.01. The molecule has 0 aliphatic carbocycles. The lowest BCUT2D eigenvalue weighted by Crippen LogP contribution is -2.42. The normalized spacial score (nSPS) is 17.4. The highest BCUT2D eigenvalue weighted by atomic mass is 35.5.